The fourth-order valence-electron chi connectivity index (χ4n) is 1.99. The smallest absolute Gasteiger partial charge is 0.154 e. The van der Waals surface area contributed by atoms with Gasteiger partial charge in [-0.05, 0) is 25.0 Å². The molecule has 1 aromatic carbocycles. The summed E-state index contributed by atoms with van der Waals surface area (Å²) in [5, 5.41) is 4.47. The van der Waals surface area contributed by atoms with Crippen LogP contribution in [-0.2, 0) is 0 Å². The van der Waals surface area contributed by atoms with Crippen molar-refractivity contribution in [2.75, 3.05) is 0 Å². The molecule has 4 heteroatoms. The van der Waals surface area contributed by atoms with Crippen LogP contribution in [0.5, 0.6) is 0 Å². The highest BCUT2D eigenvalue weighted by atomic mass is 16.1. The highest BCUT2D eigenvalue weighted by Crippen LogP contribution is 2.34. The SMILES string of the molecule is O=Cc1cccc(-n2cnc(C3CCC3)n2)c1. The Balaban J connectivity index is 1.91. The van der Waals surface area contributed by atoms with Gasteiger partial charge in [0.2, 0.25) is 0 Å². The molecule has 4 nitrogen and oxygen atoms in total. The monoisotopic (exact) mass is 227 g/mol. The van der Waals surface area contributed by atoms with Crippen LogP contribution in [0.1, 0.15) is 41.4 Å². The van der Waals surface area contributed by atoms with Crippen molar-refractivity contribution in [1.29, 1.82) is 0 Å². The number of benzene rings is 1. The van der Waals surface area contributed by atoms with Gasteiger partial charge in [0.15, 0.2) is 5.82 Å². The van der Waals surface area contributed by atoms with E-state index in [9.17, 15) is 4.79 Å². The Morgan fingerprint density at radius 2 is 2.24 bits per heavy atom. The van der Waals surface area contributed by atoms with E-state index in [-0.39, 0.29) is 0 Å². The first-order valence-corrected chi connectivity index (χ1v) is 5.84. The lowest BCUT2D eigenvalue weighted by atomic mass is 9.85. The van der Waals surface area contributed by atoms with Gasteiger partial charge in [-0.3, -0.25) is 4.79 Å². The summed E-state index contributed by atoms with van der Waals surface area (Å²) < 4.78 is 1.74. The number of hydrogen-bond donors (Lipinski definition) is 0. The first-order chi connectivity index (χ1) is 8.36. The number of carbonyl (C=O) groups excluding carboxylic acids is 1. The Labute approximate surface area is 99.3 Å². The van der Waals surface area contributed by atoms with Gasteiger partial charge in [-0.1, -0.05) is 18.6 Å². The van der Waals surface area contributed by atoms with Crippen molar-refractivity contribution in [1.82, 2.24) is 14.8 Å². The molecule has 0 aliphatic heterocycles. The normalized spacial score (nSPS) is 15.5. The van der Waals surface area contributed by atoms with E-state index in [4.69, 9.17) is 0 Å². The van der Waals surface area contributed by atoms with Gasteiger partial charge in [-0.2, -0.15) is 5.10 Å². The highest BCUT2D eigenvalue weighted by molar-refractivity contribution is 5.75. The molecule has 0 saturated heterocycles. The van der Waals surface area contributed by atoms with Crippen molar-refractivity contribution in [3.8, 4) is 5.69 Å². The maximum absolute atomic E-state index is 10.7. The first kappa shape index (κ1) is 10.2. The minimum atomic E-state index is 0.533. The summed E-state index contributed by atoms with van der Waals surface area (Å²) in [6, 6.07) is 7.36. The summed E-state index contributed by atoms with van der Waals surface area (Å²) in [7, 11) is 0. The third-order valence-electron chi connectivity index (χ3n) is 3.25. The molecule has 1 aliphatic carbocycles. The molecule has 1 saturated carbocycles. The number of aromatic nitrogens is 3. The molecule has 0 radical (unpaired) electrons. The highest BCUT2D eigenvalue weighted by Gasteiger charge is 2.23. The molecule has 1 aromatic heterocycles. The molecular formula is C13H13N3O. The van der Waals surface area contributed by atoms with E-state index < -0.39 is 0 Å². The van der Waals surface area contributed by atoms with Crippen molar-refractivity contribution in [2.45, 2.75) is 25.2 Å². The molecule has 0 bridgehead atoms. The molecular weight excluding hydrogens is 214 g/mol. The minimum Gasteiger partial charge on any atom is -0.298 e. The number of nitrogens with zero attached hydrogens (tertiary/aromatic N) is 3. The second kappa shape index (κ2) is 4.13. The van der Waals surface area contributed by atoms with E-state index in [2.05, 4.69) is 10.1 Å². The standard InChI is InChI=1S/C13H13N3O/c17-8-10-3-1-6-12(7-10)16-9-14-13(15-16)11-4-2-5-11/h1,3,6-9,11H,2,4-5H2. The predicted molar refractivity (Wildman–Crippen MR) is 63.3 cm³/mol. The van der Waals surface area contributed by atoms with Crippen molar-refractivity contribution in [2.24, 2.45) is 0 Å². The van der Waals surface area contributed by atoms with Crippen LogP contribution in [-0.4, -0.2) is 21.1 Å². The molecule has 1 aliphatic rings. The predicted octanol–water partition coefficient (Wildman–Crippen LogP) is 2.35. The molecule has 2 aromatic rings. The van der Waals surface area contributed by atoms with E-state index in [1.165, 1.54) is 19.3 Å². The zero-order valence-corrected chi connectivity index (χ0v) is 9.41. The Morgan fingerprint density at radius 1 is 1.35 bits per heavy atom. The van der Waals surface area contributed by atoms with Crippen LogP contribution in [0.3, 0.4) is 0 Å². The number of carbonyl (C=O) groups is 1. The van der Waals surface area contributed by atoms with Gasteiger partial charge in [-0.25, -0.2) is 9.67 Å². The summed E-state index contributed by atoms with van der Waals surface area (Å²) in [5.74, 6) is 1.46. The average Bonchev–Trinajstić information content (AvgIpc) is 2.76. The third-order valence-corrected chi connectivity index (χ3v) is 3.25. The van der Waals surface area contributed by atoms with E-state index in [0.717, 1.165) is 17.8 Å². The van der Waals surface area contributed by atoms with Crippen LogP contribution in [0.25, 0.3) is 5.69 Å². The van der Waals surface area contributed by atoms with Crippen molar-refractivity contribution < 1.29 is 4.79 Å². The lowest BCUT2D eigenvalue weighted by molar-refractivity contribution is 0.112. The van der Waals surface area contributed by atoms with Crippen LogP contribution < -0.4 is 0 Å². The van der Waals surface area contributed by atoms with Crippen LogP contribution >= 0.6 is 0 Å². The fourth-order valence-corrected chi connectivity index (χ4v) is 1.99. The maximum atomic E-state index is 10.7. The molecule has 0 amide bonds. The van der Waals surface area contributed by atoms with Gasteiger partial charge in [0.05, 0.1) is 5.69 Å². The number of hydrogen-bond acceptors (Lipinski definition) is 3. The van der Waals surface area contributed by atoms with E-state index in [1.54, 1.807) is 17.1 Å². The topological polar surface area (TPSA) is 47.8 Å². The average molecular weight is 227 g/mol. The van der Waals surface area contributed by atoms with Gasteiger partial charge in [0.25, 0.3) is 0 Å². The van der Waals surface area contributed by atoms with Crippen LogP contribution in [0.2, 0.25) is 0 Å². The summed E-state index contributed by atoms with van der Waals surface area (Å²) in [4.78, 5) is 15.0. The zero-order valence-electron chi connectivity index (χ0n) is 9.41. The Hall–Kier alpha value is -1.97. The van der Waals surface area contributed by atoms with E-state index in [0.29, 0.717) is 11.5 Å². The Kier molecular flexibility index (Phi) is 2.48. The molecule has 1 fully saturated rings. The molecule has 0 spiro atoms. The van der Waals surface area contributed by atoms with Crippen LogP contribution in [0.4, 0.5) is 0 Å². The Bertz CT molecular complexity index is 543. The molecule has 0 atom stereocenters. The summed E-state index contributed by atoms with van der Waals surface area (Å²) in [5.41, 5.74) is 1.54. The summed E-state index contributed by atoms with van der Waals surface area (Å²) in [6.45, 7) is 0. The number of rotatable bonds is 3. The molecule has 17 heavy (non-hydrogen) atoms. The van der Waals surface area contributed by atoms with Crippen molar-refractivity contribution >= 4 is 6.29 Å². The molecule has 1 heterocycles. The Morgan fingerprint density at radius 3 is 2.94 bits per heavy atom. The number of aldehydes is 1. The summed E-state index contributed by atoms with van der Waals surface area (Å²) >= 11 is 0. The second-order valence-electron chi connectivity index (χ2n) is 4.39. The zero-order chi connectivity index (χ0) is 11.7. The quantitative estimate of drug-likeness (QED) is 0.756. The van der Waals surface area contributed by atoms with Gasteiger partial charge >= 0.3 is 0 Å². The fraction of sp³-hybridized carbons (Fsp3) is 0.308. The van der Waals surface area contributed by atoms with Crippen LogP contribution in [0, 0.1) is 0 Å². The molecule has 3 rings (SSSR count). The lowest BCUT2D eigenvalue weighted by Crippen LogP contribution is -2.11. The second-order valence-corrected chi connectivity index (χ2v) is 4.39. The van der Waals surface area contributed by atoms with Crippen molar-refractivity contribution in [3.63, 3.8) is 0 Å². The van der Waals surface area contributed by atoms with Crippen molar-refractivity contribution in [3.05, 3.63) is 42.0 Å². The van der Waals surface area contributed by atoms with Gasteiger partial charge < -0.3 is 0 Å². The maximum Gasteiger partial charge on any atom is 0.154 e. The lowest BCUT2D eigenvalue weighted by Gasteiger charge is -2.21. The molecule has 0 N–H and O–H groups in total. The van der Waals surface area contributed by atoms with E-state index in [1.807, 2.05) is 18.2 Å². The minimum absolute atomic E-state index is 0.533. The molecule has 0 unspecified atom stereocenters. The van der Waals surface area contributed by atoms with Gasteiger partial charge in [-0.15, -0.1) is 0 Å². The third kappa shape index (κ3) is 1.86. The first-order valence-electron chi connectivity index (χ1n) is 5.84. The largest absolute Gasteiger partial charge is 0.298 e. The van der Waals surface area contributed by atoms with Crippen LogP contribution in [0.15, 0.2) is 30.6 Å². The van der Waals surface area contributed by atoms with E-state index >= 15 is 0 Å². The summed E-state index contributed by atoms with van der Waals surface area (Å²) in [6.07, 6.45) is 6.22. The molecule has 86 valence electrons. The van der Waals surface area contributed by atoms with Gasteiger partial charge in [0, 0.05) is 11.5 Å². The van der Waals surface area contributed by atoms with Gasteiger partial charge in [0.1, 0.15) is 12.6 Å².